The van der Waals surface area contributed by atoms with Crippen LogP contribution >= 0.6 is 0 Å². The largest absolute Gasteiger partial charge is 0.512 e. The van der Waals surface area contributed by atoms with E-state index >= 15 is 0 Å². The number of benzene rings is 3. The monoisotopic (exact) mass is 489 g/mol. The Hall–Kier alpha value is -3.97. The van der Waals surface area contributed by atoms with Crippen LogP contribution in [0.3, 0.4) is 0 Å². The van der Waals surface area contributed by atoms with Gasteiger partial charge in [-0.05, 0) is 49.9 Å². The third-order valence-electron chi connectivity index (χ3n) is 6.13. The zero-order valence-corrected chi connectivity index (χ0v) is 20.8. The Morgan fingerprint density at radius 2 is 1.56 bits per heavy atom. The Bertz CT molecular complexity index is 1340. The molecule has 0 saturated carbocycles. The number of methoxy groups -OCH3 is 1. The Labute approximate surface area is 210 Å². The average Bonchev–Trinajstić information content (AvgIpc) is 3.20. The highest BCUT2D eigenvalue weighted by atomic mass is 16.7. The molecule has 4 aromatic rings. The summed E-state index contributed by atoms with van der Waals surface area (Å²) in [5.74, 6) is 1.78. The number of carbonyl (C=O) groups is 1. The number of hydrogen-bond acceptors (Lipinski definition) is 5. The fourth-order valence-corrected chi connectivity index (χ4v) is 4.35. The Morgan fingerprint density at radius 3 is 2.28 bits per heavy atom. The molecule has 36 heavy (non-hydrogen) atoms. The van der Waals surface area contributed by atoms with E-state index in [1.54, 1.807) is 7.11 Å². The predicted octanol–water partition coefficient (Wildman–Crippen LogP) is 6.55. The van der Waals surface area contributed by atoms with Gasteiger partial charge in [0.15, 0.2) is 0 Å². The van der Waals surface area contributed by atoms with Crippen molar-refractivity contribution in [1.29, 1.82) is 0 Å². The number of aromatic amines is 1. The molecule has 1 heterocycles. The number of para-hydroxylation sites is 1. The number of aromatic nitrogens is 1. The molecule has 7 nitrogen and oxygen atoms in total. The van der Waals surface area contributed by atoms with Gasteiger partial charge in [-0.15, -0.1) is 0 Å². The highest BCUT2D eigenvalue weighted by molar-refractivity contribution is 5.98. The summed E-state index contributed by atoms with van der Waals surface area (Å²) in [6.07, 6.45) is -0.0910. The molecule has 0 aliphatic carbocycles. The van der Waals surface area contributed by atoms with Crippen molar-refractivity contribution in [1.82, 2.24) is 4.98 Å². The van der Waals surface area contributed by atoms with Crippen molar-refractivity contribution in [3.8, 4) is 28.5 Å². The van der Waals surface area contributed by atoms with Crippen LogP contribution < -0.4 is 14.2 Å². The second-order valence-corrected chi connectivity index (χ2v) is 8.52. The van der Waals surface area contributed by atoms with Gasteiger partial charge >= 0.3 is 6.16 Å². The summed E-state index contributed by atoms with van der Waals surface area (Å²) in [5, 5.41) is 10.3. The fraction of sp³-hybridized carbons (Fsp3) is 0.276. The van der Waals surface area contributed by atoms with Gasteiger partial charge in [0.05, 0.1) is 18.7 Å². The Balaban J connectivity index is 1.53. The van der Waals surface area contributed by atoms with Gasteiger partial charge in [0.2, 0.25) is 5.88 Å². The number of H-pyrrole nitrogens is 1. The van der Waals surface area contributed by atoms with E-state index in [9.17, 15) is 9.90 Å². The fourth-order valence-electron chi connectivity index (χ4n) is 4.35. The van der Waals surface area contributed by atoms with Gasteiger partial charge in [-0.2, -0.15) is 0 Å². The van der Waals surface area contributed by atoms with E-state index < -0.39 is 6.16 Å². The second-order valence-electron chi connectivity index (χ2n) is 8.52. The van der Waals surface area contributed by atoms with Crippen LogP contribution in [0, 0.1) is 13.8 Å². The van der Waals surface area contributed by atoms with Crippen LogP contribution in [0.5, 0.6) is 17.4 Å². The van der Waals surface area contributed by atoms with Crippen LogP contribution in [0.2, 0.25) is 0 Å². The molecule has 0 amide bonds. The molecule has 0 fully saturated rings. The number of ether oxygens (including phenoxy) is 4. The van der Waals surface area contributed by atoms with Crippen LogP contribution in [0.15, 0.2) is 60.7 Å². The first-order valence-corrected chi connectivity index (χ1v) is 11.9. The first-order chi connectivity index (χ1) is 17.5. The van der Waals surface area contributed by atoms with E-state index in [0.29, 0.717) is 32.7 Å². The number of carboxylic acid groups (broad SMARTS) is 1. The highest BCUT2D eigenvalue weighted by Gasteiger charge is 2.18. The maximum absolute atomic E-state index is 11.4. The zero-order chi connectivity index (χ0) is 25.5. The number of aryl methyl sites for hydroxylation is 2. The maximum atomic E-state index is 11.4. The topological polar surface area (TPSA) is 90.0 Å². The summed E-state index contributed by atoms with van der Waals surface area (Å²) < 4.78 is 22.0. The third kappa shape index (κ3) is 5.63. The molecule has 0 spiro atoms. The number of hydrogen-bond donors (Lipinski definition) is 2. The minimum atomic E-state index is -1.35. The standard InChI is InChI=1S/C29H31NO6/c1-19-9-4-5-10-21(19)22-11-6-12-23-24(28(30-27(22)23)36-29(31)32)13-8-16-34-25-14-7-15-26(20(25)2)35-18-17-33-3/h4-7,9-12,14-15,30H,8,13,16-18H2,1-3H3,(H,31,32). The van der Waals surface area contributed by atoms with Crippen molar-refractivity contribution in [2.24, 2.45) is 0 Å². The van der Waals surface area contributed by atoms with Crippen LogP contribution in [0.25, 0.3) is 22.0 Å². The van der Waals surface area contributed by atoms with E-state index in [2.05, 4.69) is 24.0 Å². The molecule has 0 aliphatic rings. The smallest absolute Gasteiger partial charge is 0.493 e. The first kappa shape index (κ1) is 25.1. The molecule has 0 atom stereocenters. The quantitative estimate of drug-likeness (QED) is 0.184. The lowest BCUT2D eigenvalue weighted by molar-refractivity contribution is 0.142. The van der Waals surface area contributed by atoms with Gasteiger partial charge in [-0.1, -0.05) is 48.5 Å². The van der Waals surface area contributed by atoms with Gasteiger partial charge in [0.25, 0.3) is 0 Å². The van der Waals surface area contributed by atoms with Crippen LogP contribution in [-0.2, 0) is 11.2 Å². The van der Waals surface area contributed by atoms with Gasteiger partial charge in [-0.25, -0.2) is 4.79 Å². The van der Waals surface area contributed by atoms with Crippen LogP contribution in [0.1, 0.15) is 23.1 Å². The molecule has 3 aromatic carbocycles. The summed E-state index contributed by atoms with van der Waals surface area (Å²) in [4.78, 5) is 14.6. The highest BCUT2D eigenvalue weighted by Crippen LogP contribution is 2.37. The summed E-state index contributed by atoms with van der Waals surface area (Å²) in [5.41, 5.74) is 5.83. The molecule has 0 saturated heterocycles. The Morgan fingerprint density at radius 1 is 0.861 bits per heavy atom. The van der Waals surface area contributed by atoms with E-state index in [1.807, 2.05) is 55.5 Å². The molecule has 0 radical (unpaired) electrons. The molecular weight excluding hydrogens is 458 g/mol. The molecular formula is C29H31NO6. The molecule has 0 unspecified atom stereocenters. The Kier molecular flexibility index (Phi) is 8.13. The minimum absolute atomic E-state index is 0.253. The molecule has 1 aromatic heterocycles. The molecule has 0 bridgehead atoms. The summed E-state index contributed by atoms with van der Waals surface area (Å²) in [6.45, 7) is 5.46. The molecule has 188 valence electrons. The maximum Gasteiger partial charge on any atom is 0.512 e. The van der Waals surface area contributed by atoms with Crippen molar-refractivity contribution in [2.75, 3.05) is 26.9 Å². The van der Waals surface area contributed by atoms with Crippen molar-refractivity contribution >= 4 is 17.1 Å². The molecule has 0 aliphatic heterocycles. The van der Waals surface area contributed by atoms with Crippen LogP contribution in [0.4, 0.5) is 4.79 Å². The third-order valence-corrected chi connectivity index (χ3v) is 6.13. The van der Waals surface area contributed by atoms with Gasteiger partial charge in [0.1, 0.15) is 18.1 Å². The summed E-state index contributed by atoms with van der Waals surface area (Å²) in [6, 6.07) is 19.8. The second kappa shape index (κ2) is 11.6. The molecule has 2 N–H and O–H groups in total. The lowest BCUT2D eigenvalue weighted by atomic mass is 9.97. The lowest BCUT2D eigenvalue weighted by Gasteiger charge is -2.13. The zero-order valence-electron chi connectivity index (χ0n) is 20.8. The predicted molar refractivity (Wildman–Crippen MR) is 139 cm³/mol. The van der Waals surface area contributed by atoms with Crippen LogP contribution in [-0.4, -0.2) is 43.2 Å². The normalized spacial score (nSPS) is 11.0. The number of fused-ring (bicyclic) bond motifs is 1. The first-order valence-electron chi connectivity index (χ1n) is 11.9. The van der Waals surface area contributed by atoms with E-state index in [-0.39, 0.29) is 5.88 Å². The summed E-state index contributed by atoms with van der Waals surface area (Å²) in [7, 11) is 1.64. The number of nitrogens with one attached hydrogen (secondary N) is 1. The van der Waals surface area contributed by atoms with Crippen molar-refractivity contribution in [2.45, 2.75) is 26.7 Å². The van der Waals surface area contributed by atoms with E-state index in [4.69, 9.17) is 18.9 Å². The average molecular weight is 490 g/mol. The number of rotatable bonds is 11. The van der Waals surface area contributed by atoms with Crippen molar-refractivity contribution < 1.29 is 28.8 Å². The van der Waals surface area contributed by atoms with Gasteiger partial charge < -0.3 is 29.0 Å². The van der Waals surface area contributed by atoms with Crippen molar-refractivity contribution in [3.05, 3.63) is 77.4 Å². The van der Waals surface area contributed by atoms with Gasteiger partial charge in [0, 0.05) is 29.2 Å². The van der Waals surface area contributed by atoms with E-state index in [1.165, 1.54) is 0 Å². The van der Waals surface area contributed by atoms with Crippen molar-refractivity contribution in [3.63, 3.8) is 0 Å². The SMILES string of the molecule is COCCOc1cccc(OCCCc2c(OC(=O)O)[nH]c3c(-c4ccccc4C)cccc23)c1C. The molecule has 4 rings (SSSR count). The minimum Gasteiger partial charge on any atom is -0.493 e. The molecule has 7 heteroatoms. The summed E-state index contributed by atoms with van der Waals surface area (Å²) >= 11 is 0. The lowest BCUT2D eigenvalue weighted by Crippen LogP contribution is -2.07. The van der Waals surface area contributed by atoms with Gasteiger partial charge in [-0.3, -0.25) is 0 Å². The van der Waals surface area contributed by atoms with E-state index in [0.717, 1.165) is 50.2 Å².